The SMILES string of the molecule is Cc1cc(N2CCn3nc([C@@H](O)CN(C)C)cc3C2)nc(C)c1C#N. The number of aliphatic hydroxyl groups excluding tert-OH is 1. The van der Waals surface area contributed by atoms with Gasteiger partial charge in [-0.15, -0.1) is 0 Å². The fourth-order valence-electron chi connectivity index (χ4n) is 3.23. The van der Waals surface area contributed by atoms with E-state index in [4.69, 9.17) is 0 Å². The average molecular weight is 340 g/mol. The quantitative estimate of drug-likeness (QED) is 0.906. The highest BCUT2D eigenvalue weighted by Crippen LogP contribution is 2.24. The van der Waals surface area contributed by atoms with E-state index in [2.05, 4.69) is 21.1 Å². The number of aliphatic hydroxyl groups is 1. The summed E-state index contributed by atoms with van der Waals surface area (Å²) in [5.74, 6) is 0.886. The Hall–Kier alpha value is -2.43. The second-order valence-electron chi connectivity index (χ2n) is 6.85. The molecule has 1 N–H and O–H groups in total. The van der Waals surface area contributed by atoms with Gasteiger partial charge >= 0.3 is 0 Å². The number of anilines is 1. The molecule has 0 radical (unpaired) electrons. The van der Waals surface area contributed by atoms with E-state index in [1.165, 1.54) is 0 Å². The number of hydrogen-bond acceptors (Lipinski definition) is 6. The fraction of sp³-hybridized carbons (Fsp3) is 0.500. The molecular formula is C18H24N6O. The van der Waals surface area contributed by atoms with Crippen LogP contribution >= 0.6 is 0 Å². The van der Waals surface area contributed by atoms with Crippen molar-refractivity contribution >= 4 is 5.82 Å². The number of aromatic nitrogens is 3. The van der Waals surface area contributed by atoms with Gasteiger partial charge in [0.2, 0.25) is 0 Å². The molecule has 2 aromatic heterocycles. The molecule has 1 atom stereocenters. The number of hydrogen-bond donors (Lipinski definition) is 1. The predicted octanol–water partition coefficient (Wildman–Crippen LogP) is 1.38. The van der Waals surface area contributed by atoms with Crippen LogP contribution < -0.4 is 4.90 Å². The number of rotatable bonds is 4. The van der Waals surface area contributed by atoms with E-state index in [9.17, 15) is 10.4 Å². The van der Waals surface area contributed by atoms with Crippen LogP contribution in [0.25, 0.3) is 0 Å². The summed E-state index contributed by atoms with van der Waals surface area (Å²) in [5, 5.41) is 24.0. The molecule has 1 aliphatic heterocycles. The van der Waals surface area contributed by atoms with E-state index in [1.54, 1.807) is 0 Å². The van der Waals surface area contributed by atoms with Crippen molar-refractivity contribution in [3.63, 3.8) is 0 Å². The Kier molecular flexibility index (Phi) is 4.75. The summed E-state index contributed by atoms with van der Waals surface area (Å²) in [5.41, 5.74) is 4.15. The third kappa shape index (κ3) is 3.50. The average Bonchev–Trinajstić information content (AvgIpc) is 2.97. The molecule has 3 rings (SSSR count). The fourth-order valence-corrected chi connectivity index (χ4v) is 3.23. The van der Waals surface area contributed by atoms with Crippen molar-refractivity contribution < 1.29 is 5.11 Å². The van der Waals surface area contributed by atoms with Gasteiger partial charge in [-0.1, -0.05) is 0 Å². The third-order valence-electron chi connectivity index (χ3n) is 4.52. The summed E-state index contributed by atoms with van der Waals surface area (Å²) < 4.78 is 1.97. The molecule has 0 saturated carbocycles. The minimum Gasteiger partial charge on any atom is -0.385 e. The molecule has 132 valence electrons. The molecule has 1 aliphatic rings. The highest BCUT2D eigenvalue weighted by Gasteiger charge is 2.23. The molecule has 2 aromatic rings. The number of nitrogens with zero attached hydrogens (tertiary/aromatic N) is 6. The topological polar surface area (TPSA) is 81.2 Å². The molecule has 25 heavy (non-hydrogen) atoms. The van der Waals surface area contributed by atoms with Crippen molar-refractivity contribution in [1.82, 2.24) is 19.7 Å². The highest BCUT2D eigenvalue weighted by molar-refractivity contribution is 5.50. The number of pyridine rings is 1. The first-order valence-corrected chi connectivity index (χ1v) is 8.41. The molecule has 3 heterocycles. The van der Waals surface area contributed by atoms with Crippen LogP contribution in [0, 0.1) is 25.2 Å². The van der Waals surface area contributed by atoms with Gasteiger partial charge in [0.05, 0.1) is 35.7 Å². The second-order valence-corrected chi connectivity index (χ2v) is 6.85. The zero-order chi connectivity index (χ0) is 18.1. The predicted molar refractivity (Wildman–Crippen MR) is 95.2 cm³/mol. The molecular weight excluding hydrogens is 316 g/mol. The van der Waals surface area contributed by atoms with Gasteiger partial charge in [-0.2, -0.15) is 10.4 Å². The monoisotopic (exact) mass is 340 g/mol. The minimum absolute atomic E-state index is 0.551. The van der Waals surface area contributed by atoms with E-state index in [-0.39, 0.29) is 0 Å². The van der Waals surface area contributed by atoms with Gasteiger partial charge < -0.3 is 14.9 Å². The largest absolute Gasteiger partial charge is 0.385 e. The summed E-state index contributed by atoms with van der Waals surface area (Å²) >= 11 is 0. The van der Waals surface area contributed by atoms with E-state index < -0.39 is 6.10 Å². The zero-order valence-corrected chi connectivity index (χ0v) is 15.2. The molecule has 0 aliphatic carbocycles. The Morgan fingerprint density at radius 2 is 2.08 bits per heavy atom. The Bertz CT molecular complexity index is 796. The maximum Gasteiger partial charge on any atom is 0.129 e. The van der Waals surface area contributed by atoms with Crippen LogP contribution in [0.1, 0.15) is 34.3 Å². The van der Waals surface area contributed by atoms with Crippen molar-refractivity contribution in [2.24, 2.45) is 0 Å². The van der Waals surface area contributed by atoms with Gasteiger partial charge in [0.15, 0.2) is 0 Å². The first kappa shape index (κ1) is 17.4. The molecule has 0 saturated heterocycles. The summed E-state index contributed by atoms with van der Waals surface area (Å²) in [6.07, 6.45) is -0.584. The van der Waals surface area contributed by atoms with Gasteiger partial charge in [-0.25, -0.2) is 4.98 Å². The van der Waals surface area contributed by atoms with Crippen LogP contribution in [-0.2, 0) is 13.1 Å². The van der Waals surface area contributed by atoms with Crippen molar-refractivity contribution in [2.75, 3.05) is 32.1 Å². The summed E-state index contributed by atoms with van der Waals surface area (Å²) in [4.78, 5) is 8.74. The van der Waals surface area contributed by atoms with Gasteiger partial charge in [-0.3, -0.25) is 4.68 Å². The normalized spacial score (nSPS) is 15.2. The van der Waals surface area contributed by atoms with Crippen LogP contribution in [0.4, 0.5) is 5.82 Å². The van der Waals surface area contributed by atoms with Gasteiger partial charge in [0.25, 0.3) is 0 Å². The lowest BCUT2D eigenvalue weighted by atomic mass is 10.1. The molecule has 0 aromatic carbocycles. The van der Waals surface area contributed by atoms with Crippen LogP contribution in [0.5, 0.6) is 0 Å². The second kappa shape index (κ2) is 6.82. The van der Waals surface area contributed by atoms with E-state index in [1.807, 2.05) is 49.7 Å². The lowest BCUT2D eigenvalue weighted by molar-refractivity contribution is 0.133. The molecule has 0 amide bonds. The maximum absolute atomic E-state index is 10.3. The number of fused-ring (bicyclic) bond motifs is 1. The third-order valence-corrected chi connectivity index (χ3v) is 4.52. The molecule has 0 fully saturated rings. The van der Waals surface area contributed by atoms with E-state index >= 15 is 0 Å². The maximum atomic E-state index is 10.3. The summed E-state index contributed by atoms with van der Waals surface area (Å²) in [6, 6.07) is 6.16. The lowest BCUT2D eigenvalue weighted by Crippen LogP contribution is -2.34. The Balaban J connectivity index is 1.82. The van der Waals surface area contributed by atoms with Crippen molar-refractivity contribution in [1.29, 1.82) is 5.26 Å². The number of nitriles is 1. The molecule has 0 unspecified atom stereocenters. The molecule has 7 heteroatoms. The van der Waals surface area contributed by atoms with Gasteiger partial charge in [0, 0.05) is 13.1 Å². The highest BCUT2D eigenvalue weighted by atomic mass is 16.3. The standard InChI is InChI=1S/C18H24N6O/c1-12-7-18(20-13(2)15(12)9-19)23-5-6-24-14(10-23)8-16(21-24)17(25)11-22(3)4/h7-8,17,25H,5-6,10-11H2,1-4H3/t17-/m0/s1. The summed E-state index contributed by atoms with van der Waals surface area (Å²) in [7, 11) is 3.87. The first-order valence-electron chi connectivity index (χ1n) is 8.41. The van der Waals surface area contributed by atoms with Crippen LogP contribution in [0.15, 0.2) is 12.1 Å². The molecule has 0 bridgehead atoms. The number of aryl methyl sites for hydroxylation is 2. The molecule has 7 nitrogen and oxygen atoms in total. The van der Waals surface area contributed by atoms with E-state index in [0.29, 0.717) is 24.3 Å². The Labute approximate surface area is 148 Å². The smallest absolute Gasteiger partial charge is 0.129 e. The minimum atomic E-state index is -0.584. The Morgan fingerprint density at radius 3 is 2.72 bits per heavy atom. The van der Waals surface area contributed by atoms with Crippen LogP contribution in [0.3, 0.4) is 0 Å². The van der Waals surface area contributed by atoms with Crippen molar-refractivity contribution in [2.45, 2.75) is 33.0 Å². The van der Waals surface area contributed by atoms with Crippen molar-refractivity contribution in [3.8, 4) is 6.07 Å². The van der Waals surface area contributed by atoms with Crippen molar-refractivity contribution in [3.05, 3.63) is 40.3 Å². The van der Waals surface area contributed by atoms with Crippen LogP contribution in [0.2, 0.25) is 0 Å². The number of likely N-dealkylation sites (N-methyl/N-ethyl adjacent to an activating group) is 1. The van der Waals surface area contributed by atoms with Gasteiger partial charge in [0.1, 0.15) is 18.0 Å². The Morgan fingerprint density at radius 1 is 1.32 bits per heavy atom. The van der Waals surface area contributed by atoms with Crippen LogP contribution in [-0.4, -0.2) is 52.0 Å². The first-order chi connectivity index (χ1) is 11.9. The lowest BCUT2D eigenvalue weighted by Gasteiger charge is -2.29. The van der Waals surface area contributed by atoms with E-state index in [0.717, 1.165) is 35.9 Å². The van der Waals surface area contributed by atoms with Gasteiger partial charge in [-0.05, 0) is 45.6 Å². The summed E-state index contributed by atoms with van der Waals surface area (Å²) in [6.45, 7) is 6.62. The zero-order valence-electron chi connectivity index (χ0n) is 15.2. The molecule has 0 spiro atoms.